The van der Waals surface area contributed by atoms with Crippen molar-refractivity contribution in [2.45, 2.75) is 67.2 Å². The van der Waals surface area contributed by atoms with Gasteiger partial charge in [0.1, 0.15) is 0 Å². The molecule has 1 atom stereocenters. The van der Waals surface area contributed by atoms with E-state index in [2.05, 4.69) is 48.1 Å². The summed E-state index contributed by atoms with van der Waals surface area (Å²) in [5.74, 6) is -0.223. The summed E-state index contributed by atoms with van der Waals surface area (Å²) in [5, 5.41) is 0. The minimum Gasteiger partial charge on any atom is -0.462 e. The van der Waals surface area contributed by atoms with Gasteiger partial charge in [-0.25, -0.2) is 4.79 Å². The molecule has 0 spiro atoms. The summed E-state index contributed by atoms with van der Waals surface area (Å²) in [6.45, 7) is 17.5. The van der Waals surface area contributed by atoms with Crippen LogP contribution in [-0.2, 0) is 9.53 Å². The van der Waals surface area contributed by atoms with Crippen LogP contribution >= 0.6 is 0 Å². The summed E-state index contributed by atoms with van der Waals surface area (Å²) in [5.41, 5.74) is 1.02. The number of rotatable bonds is 4. The van der Waals surface area contributed by atoms with Gasteiger partial charge in [0, 0.05) is 11.0 Å². The third-order valence-electron chi connectivity index (χ3n) is 4.72. The number of esters is 1. The molecule has 0 aliphatic heterocycles. The zero-order valence-corrected chi connectivity index (χ0v) is 13.6. The van der Waals surface area contributed by atoms with Crippen LogP contribution in [0.1, 0.15) is 67.2 Å². The zero-order valence-electron chi connectivity index (χ0n) is 13.6. The second-order valence-electron chi connectivity index (χ2n) is 8.22. The van der Waals surface area contributed by atoms with Crippen molar-refractivity contribution in [3.05, 3.63) is 12.2 Å². The normalized spacial score (nSPS) is 26.2. The van der Waals surface area contributed by atoms with Crippen molar-refractivity contribution in [3.63, 3.8) is 0 Å². The fraction of sp³-hybridized carbons (Fsp3) is 0.824. The molecule has 1 fully saturated rings. The molecule has 2 nitrogen and oxygen atoms in total. The molecule has 110 valence electrons. The number of hydrogen-bond donors (Lipinski definition) is 0. The quantitative estimate of drug-likeness (QED) is 0.543. The largest absolute Gasteiger partial charge is 0.462 e. The van der Waals surface area contributed by atoms with Gasteiger partial charge in [0.05, 0.1) is 6.61 Å². The molecule has 1 unspecified atom stereocenters. The Morgan fingerprint density at radius 2 is 1.79 bits per heavy atom. The highest BCUT2D eigenvalue weighted by molar-refractivity contribution is 5.87. The first kappa shape index (κ1) is 16.3. The van der Waals surface area contributed by atoms with Gasteiger partial charge in [-0.15, -0.1) is 0 Å². The zero-order chi connectivity index (χ0) is 14.9. The van der Waals surface area contributed by atoms with E-state index in [4.69, 9.17) is 4.74 Å². The van der Waals surface area contributed by atoms with Gasteiger partial charge in [-0.3, -0.25) is 0 Å². The topological polar surface area (TPSA) is 26.3 Å². The Hall–Kier alpha value is -0.790. The predicted molar refractivity (Wildman–Crippen MR) is 79.9 cm³/mol. The molecule has 19 heavy (non-hydrogen) atoms. The van der Waals surface area contributed by atoms with Crippen molar-refractivity contribution in [3.8, 4) is 0 Å². The maximum atomic E-state index is 12.0. The van der Waals surface area contributed by atoms with Crippen LogP contribution in [0.5, 0.6) is 0 Å². The first-order chi connectivity index (χ1) is 8.47. The molecule has 0 saturated heterocycles. The highest BCUT2D eigenvalue weighted by atomic mass is 16.5. The fourth-order valence-electron chi connectivity index (χ4n) is 2.87. The summed E-state index contributed by atoms with van der Waals surface area (Å²) in [6.07, 6.45) is 4.26. The third-order valence-corrected chi connectivity index (χ3v) is 4.72. The van der Waals surface area contributed by atoms with Crippen molar-refractivity contribution >= 4 is 5.97 Å². The van der Waals surface area contributed by atoms with Crippen LogP contribution in [0.2, 0.25) is 0 Å². The van der Waals surface area contributed by atoms with Gasteiger partial charge in [-0.05, 0) is 30.1 Å². The van der Waals surface area contributed by atoms with Gasteiger partial charge >= 0.3 is 5.97 Å². The summed E-state index contributed by atoms with van der Waals surface area (Å²) in [7, 11) is 0. The maximum Gasteiger partial charge on any atom is 0.333 e. The Bertz CT molecular complexity index is 360. The second-order valence-corrected chi connectivity index (χ2v) is 8.22. The summed E-state index contributed by atoms with van der Waals surface area (Å²) < 4.78 is 5.53. The lowest BCUT2D eigenvalue weighted by atomic mass is 9.70. The molecule has 1 aliphatic rings. The van der Waals surface area contributed by atoms with E-state index in [1.54, 1.807) is 0 Å². The highest BCUT2D eigenvalue weighted by Gasteiger charge is 2.45. The molecule has 0 N–H and O–H groups in total. The number of hydrogen-bond acceptors (Lipinski definition) is 2. The Morgan fingerprint density at radius 1 is 1.21 bits per heavy atom. The second kappa shape index (κ2) is 5.30. The van der Waals surface area contributed by atoms with Crippen molar-refractivity contribution in [2.75, 3.05) is 6.61 Å². The molecule has 0 aromatic heterocycles. The smallest absolute Gasteiger partial charge is 0.333 e. The minimum absolute atomic E-state index is 0.0760. The Kier molecular flexibility index (Phi) is 4.54. The van der Waals surface area contributed by atoms with E-state index in [0.29, 0.717) is 18.6 Å². The van der Waals surface area contributed by atoms with Gasteiger partial charge in [-0.2, -0.15) is 0 Å². The Morgan fingerprint density at radius 3 is 2.21 bits per heavy atom. The van der Waals surface area contributed by atoms with Crippen LogP contribution < -0.4 is 0 Å². The molecule has 0 heterocycles. The molecule has 0 aromatic carbocycles. The van der Waals surface area contributed by atoms with E-state index >= 15 is 0 Å². The van der Waals surface area contributed by atoms with Gasteiger partial charge < -0.3 is 4.74 Å². The molecule has 0 amide bonds. The summed E-state index contributed by atoms with van der Waals surface area (Å²) in [4.78, 5) is 12.0. The molecule has 0 bridgehead atoms. The van der Waals surface area contributed by atoms with Crippen LogP contribution in [0.4, 0.5) is 0 Å². The Labute approximate surface area is 118 Å². The van der Waals surface area contributed by atoms with Gasteiger partial charge in [0.25, 0.3) is 0 Å². The molecule has 2 heteroatoms. The number of carbonyl (C=O) groups is 1. The molecule has 0 radical (unpaired) electrons. The molecule has 0 aromatic rings. The van der Waals surface area contributed by atoms with E-state index in [9.17, 15) is 4.79 Å². The Balaban J connectivity index is 2.53. The van der Waals surface area contributed by atoms with Crippen molar-refractivity contribution in [2.24, 2.45) is 16.2 Å². The summed E-state index contributed by atoms with van der Waals surface area (Å²) >= 11 is 0. The lowest BCUT2D eigenvalue weighted by molar-refractivity contribution is -0.144. The molecular weight excluding hydrogens is 236 g/mol. The van der Waals surface area contributed by atoms with Gasteiger partial charge in [0.2, 0.25) is 0 Å². The summed E-state index contributed by atoms with van der Waals surface area (Å²) in [6, 6.07) is 0. The van der Waals surface area contributed by atoms with E-state index in [-0.39, 0.29) is 22.2 Å². The minimum atomic E-state index is -0.223. The molecule has 1 aliphatic carbocycles. The monoisotopic (exact) mass is 266 g/mol. The van der Waals surface area contributed by atoms with Crippen LogP contribution in [-0.4, -0.2) is 12.6 Å². The van der Waals surface area contributed by atoms with Crippen LogP contribution in [0.25, 0.3) is 0 Å². The highest BCUT2D eigenvalue weighted by Crippen LogP contribution is 2.52. The van der Waals surface area contributed by atoms with Crippen molar-refractivity contribution in [1.29, 1.82) is 0 Å². The lowest BCUT2D eigenvalue weighted by Crippen LogP contribution is -2.35. The lowest BCUT2D eigenvalue weighted by Gasteiger charge is -2.37. The van der Waals surface area contributed by atoms with Gasteiger partial charge in [0.15, 0.2) is 0 Å². The van der Waals surface area contributed by atoms with Gasteiger partial charge in [-0.1, -0.05) is 54.5 Å². The number of carbonyl (C=O) groups excluding carboxylic acids is 1. The average Bonchev–Trinajstić information content (AvgIpc) is 2.48. The van der Waals surface area contributed by atoms with E-state index in [1.165, 1.54) is 12.8 Å². The standard InChI is InChI=1S/C17H30O2/c1-13(11-15(2,3)4)14(18)19-12-17(7)10-8-9-16(17,5)6/h1,8-12H2,2-7H3. The number of ether oxygens (including phenoxy) is 1. The van der Waals surface area contributed by atoms with E-state index in [0.717, 1.165) is 6.42 Å². The van der Waals surface area contributed by atoms with Crippen LogP contribution in [0.15, 0.2) is 12.2 Å². The van der Waals surface area contributed by atoms with Crippen molar-refractivity contribution in [1.82, 2.24) is 0 Å². The first-order valence-electron chi connectivity index (χ1n) is 7.32. The molecular formula is C17H30O2. The van der Waals surface area contributed by atoms with Crippen LogP contribution in [0, 0.1) is 16.2 Å². The van der Waals surface area contributed by atoms with Crippen molar-refractivity contribution < 1.29 is 9.53 Å². The van der Waals surface area contributed by atoms with E-state index < -0.39 is 0 Å². The maximum absolute atomic E-state index is 12.0. The average molecular weight is 266 g/mol. The molecule has 1 saturated carbocycles. The third kappa shape index (κ3) is 4.09. The van der Waals surface area contributed by atoms with Crippen LogP contribution in [0.3, 0.4) is 0 Å². The SMILES string of the molecule is C=C(CC(C)(C)C)C(=O)OCC1(C)CCCC1(C)C. The predicted octanol–water partition coefficient (Wildman–Crippen LogP) is 4.74. The molecule has 1 rings (SSSR count). The van der Waals surface area contributed by atoms with E-state index in [1.807, 2.05) is 0 Å². The first-order valence-corrected chi connectivity index (χ1v) is 7.32. The fourth-order valence-corrected chi connectivity index (χ4v) is 2.87.